The highest BCUT2D eigenvalue weighted by Crippen LogP contribution is 2.32. The number of hydrogen-bond acceptors (Lipinski definition) is 5. The summed E-state index contributed by atoms with van der Waals surface area (Å²) >= 11 is 2.01. The lowest BCUT2D eigenvalue weighted by Crippen LogP contribution is -2.25. The average Bonchev–Trinajstić information content (AvgIpc) is 2.64. The molecule has 28 heavy (non-hydrogen) atoms. The highest BCUT2D eigenvalue weighted by atomic mass is 127. The molecule has 0 aliphatic rings. The number of carbonyl (C=O) groups excluding carboxylic acids is 1. The first-order chi connectivity index (χ1) is 13.3. The van der Waals surface area contributed by atoms with Crippen LogP contribution in [0.3, 0.4) is 0 Å². The van der Waals surface area contributed by atoms with Crippen molar-refractivity contribution in [2.75, 3.05) is 13.2 Å². The number of hydrazone groups is 1. The normalized spacial score (nSPS) is 11.1. The zero-order valence-corrected chi connectivity index (χ0v) is 18.6. The zero-order valence-electron chi connectivity index (χ0n) is 16.5. The number of amides is 1. The number of ether oxygens (including phenoxy) is 2. The molecule has 0 fully saturated rings. The van der Waals surface area contributed by atoms with Gasteiger partial charge < -0.3 is 14.6 Å². The second kappa shape index (κ2) is 10.3. The predicted molar refractivity (Wildman–Crippen MR) is 118 cm³/mol. The lowest BCUT2D eigenvalue weighted by atomic mass is 10.0. The Morgan fingerprint density at radius 1 is 1.25 bits per heavy atom. The third-order valence-electron chi connectivity index (χ3n) is 3.90. The van der Waals surface area contributed by atoms with Crippen molar-refractivity contribution in [2.45, 2.75) is 33.6 Å². The van der Waals surface area contributed by atoms with Crippen molar-refractivity contribution >= 4 is 34.7 Å². The van der Waals surface area contributed by atoms with Crippen molar-refractivity contribution in [3.05, 3.63) is 50.6 Å². The SMILES string of the molecule is CCOc1cc(/C=N/NC(=O)COc2cc(C)ccc2C(C)C)cc(I)c1O. The molecule has 2 N–H and O–H groups in total. The number of aromatic hydroxyl groups is 1. The number of hydrogen-bond donors (Lipinski definition) is 2. The summed E-state index contributed by atoms with van der Waals surface area (Å²) in [6.45, 7) is 8.30. The molecule has 0 bridgehead atoms. The Labute approximate surface area is 179 Å². The Morgan fingerprint density at radius 2 is 2.00 bits per heavy atom. The third-order valence-corrected chi connectivity index (χ3v) is 4.73. The number of benzene rings is 2. The van der Waals surface area contributed by atoms with Gasteiger partial charge in [-0.3, -0.25) is 4.79 Å². The zero-order chi connectivity index (χ0) is 20.7. The summed E-state index contributed by atoms with van der Waals surface area (Å²) < 4.78 is 11.7. The van der Waals surface area contributed by atoms with Crippen molar-refractivity contribution in [1.29, 1.82) is 0 Å². The van der Waals surface area contributed by atoms with Crippen LogP contribution in [0.2, 0.25) is 0 Å². The van der Waals surface area contributed by atoms with Crippen LogP contribution in [0.1, 0.15) is 43.4 Å². The van der Waals surface area contributed by atoms with E-state index in [4.69, 9.17) is 9.47 Å². The molecule has 0 aromatic heterocycles. The van der Waals surface area contributed by atoms with Crippen molar-refractivity contribution in [1.82, 2.24) is 5.43 Å². The van der Waals surface area contributed by atoms with Gasteiger partial charge in [0.15, 0.2) is 18.1 Å². The Morgan fingerprint density at radius 3 is 2.68 bits per heavy atom. The molecule has 0 atom stereocenters. The molecule has 1 amide bonds. The van der Waals surface area contributed by atoms with Crippen LogP contribution >= 0.6 is 22.6 Å². The smallest absolute Gasteiger partial charge is 0.277 e. The molecule has 7 heteroatoms. The number of nitrogens with one attached hydrogen (secondary N) is 1. The van der Waals surface area contributed by atoms with E-state index in [0.717, 1.165) is 11.1 Å². The molecule has 2 aromatic rings. The van der Waals surface area contributed by atoms with E-state index >= 15 is 0 Å². The standard InChI is InChI=1S/C21H25IN2O4/c1-5-27-19-10-15(9-17(22)21(19)26)11-23-24-20(25)12-28-18-8-14(4)6-7-16(18)13(2)3/h6-11,13,26H,5,12H2,1-4H3,(H,24,25)/b23-11+. The van der Waals surface area contributed by atoms with Gasteiger partial charge in [0.2, 0.25) is 0 Å². The van der Waals surface area contributed by atoms with Crippen LogP contribution < -0.4 is 14.9 Å². The molecule has 0 radical (unpaired) electrons. The van der Waals surface area contributed by atoms with Gasteiger partial charge in [-0.25, -0.2) is 5.43 Å². The van der Waals surface area contributed by atoms with Gasteiger partial charge in [0.1, 0.15) is 5.75 Å². The number of phenols is 1. The number of rotatable bonds is 8. The van der Waals surface area contributed by atoms with Gasteiger partial charge in [-0.05, 0) is 77.2 Å². The van der Waals surface area contributed by atoms with Crippen LogP contribution in [-0.4, -0.2) is 30.4 Å². The first kappa shape index (κ1) is 22.0. The van der Waals surface area contributed by atoms with Gasteiger partial charge in [-0.2, -0.15) is 5.10 Å². The van der Waals surface area contributed by atoms with E-state index in [1.807, 2.05) is 54.6 Å². The molecule has 0 saturated heterocycles. The topological polar surface area (TPSA) is 80.2 Å². The number of carbonyl (C=O) groups is 1. The fourth-order valence-electron chi connectivity index (χ4n) is 2.53. The highest BCUT2D eigenvalue weighted by Gasteiger charge is 2.11. The van der Waals surface area contributed by atoms with Crippen LogP contribution in [0.4, 0.5) is 0 Å². The van der Waals surface area contributed by atoms with Crippen LogP contribution in [0.25, 0.3) is 0 Å². The summed E-state index contributed by atoms with van der Waals surface area (Å²) in [4.78, 5) is 12.0. The quantitative estimate of drug-likeness (QED) is 0.324. The predicted octanol–water partition coefficient (Wildman–Crippen LogP) is 4.36. The number of halogens is 1. The largest absolute Gasteiger partial charge is 0.504 e. The molecule has 150 valence electrons. The fraction of sp³-hybridized carbons (Fsp3) is 0.333. The van der Waals surface area contributed by atoms with E-state index in [1.54, 1.807) is 12.1 Å². The molecular weight excluding hydrogens is 471 g/mol. The number of nitrogens with zero attached hydrogens (tertiary/aromatic N) is 1. The minimum absolute atomic E-state index is 0.0937. The van der Waals surface area contributed by atoms with Gasteiger partial charge >= 0.3 is 0 Å². The molecular formula is C21H25IN2O4. The molecule has 6 nitrogen and oxygen atoms in total. The van der Waals surface area contributed by atoms with Gasteiger partial charge in [0.05, 0.1) is 16.4 Å². The first-order valence-electron chi connectivity index (χ1n) is 9.02. The Balaban J connectivity index is 1.97. The fourth-order valence-corrected chi connectivity index (χ4v) is 3.16. The minimum atomic E-state index is -0.356. The molecule has 0 aliphatic heterocycles. The summed E-state index contributed by atoms with van der Waals surface area (Å²) in [6.07, 6.45) is 1.49. The van der Waals surface area contributed by atoms with Gasteiger partial charge in [0.25, 0.3) is 5.91 Å². The Bertz CT molecular complexity index is 866. The molecule has 0 heterocycles. The van der Waals surface area contributed by atoms with Gasteiger partial charge in [-0.1, -0.05) is 26.0 Å². The maximum absolute atomic E-state index is 12.0. The summed E-state index contributed by atoms with van der Waals surface area (Å²) in [6, 6.07) is 9.39. The number of aryl methyl sites for hydroxylation is 1. The van der Waals surface area contributed by atoms with Crippen LogP contribution in [0.15, 0.2) is 35.4 Å². The summed E-state index contributed by atoms with van der Waals surface area (Å²) in [5.74, 6) is 1.13. The average molecular weight is 496 g/mol. The lowest BCUT2D eigenvalue weighted by Gasteiger charge is -2.14. The molecule has 0 unspecified atom stereocenters. The van der Waals surface area contributed by atoms with E-state index in [9.17, 15) is 9.90 Å². The molecule has 0 saturated carbocycles. The van der Waals surface area contributed by atoms with Crippen molar-refractivity contribution < 1.29 is 19.4 Å². The lowest BCUT2D eigenvalue weighted by molar-refractivity contribution is -0.123. The second-order valence-electron chi connectivity index (χ2n) is 6.56. The highest BCUT2D eigenvalue weighted by molar-refractivity contribution is 14.1. The summed E-state index contributed by atoms with van der Waals surface area (Å²) in [5, 5.41) is 13.9. The minimum Gasteiger partial charge on any atom is -0.504 e. The van der Waals surface area contributed by atoms with E-state index in [2.05, 4.69) is 24.4 Å². The van der Waals surface area contributed by atoms with Crippen LogP contribution in [-0.2, 0) is 4.79 Å². The molecule has 2 rings (SSSR count). The van der Waals surface area contributed by atoms with Crippen molar-refractivity contribution in [3.63, 3.8) is 0 Å². The second-order valence-corrected chi connectivity index (χ2v) is 7.72. The molecule has 2 aromatic carbocycles. The van der Waals surface area contributed by atoms with Crippen LogP contribution in [0, 0.1) is 10.5 Å². The van der Waals surface area contributed by atoms with E-state index in [-0.39, 0.29) is 18.3 Å². The monoisotopic (exact) mass is 496 g/mol. The van der Waals surface area contributed by atoms with Crippen molar-refractivity contribution in [3.8, 4) is 17.2 Å². The van der Waals surface area contributed by atoms with Crippen LogP contribution in [0.5, 0.6) is 17.2 Å². The van der Waals surface area contributed by atoms with E-state index < -0.39 is 0 Å². The number of phenolic OH excluding ortho intramolecular Hbond substituents is 1. The van der Waals surface area contributed by atoms with Gasteiger partial charge in [0, 0.05) is 0 Å². The molecule has 0 spiro atoms. The van der Waals surface area contributed by atoms with Crippen molar-refractivity contribution in [2.24, 2.45) is 5.10 Å². The summed E-state index contributed by atoms with van der Waals surface area (Å²) in [5.41, 5.74) is 5.28. The third kappa shape index (κ3) is 6.12. The Kier molecular flexibility index (Phi) is 8.10. The van der Waals surface area contributed by atoms with E-state index in [1.165, 1.54) is 6.21 Å². The summed E-state index contributed by atoms with van der Waals surface area (Å²) in [7, 11) is 0. The maximum atomic E-state index is 12.0. The first-order valence-corrected chi connectivity index (χ1v) is 10.1. The van der Waals surface area contributed by atoms with Gasteiger partial charge in [-0.15, -0.1) is 0 Å². The molecule has 0 aliphatic carbocycles. The Hall–Kier alpha value is -2.29. The van der Waals surface area contributed by atoms with E-state index in [0.29, 0.717) is 33.2 Å². The maximum Gasteiger partial charge on any atom is 0.277 e.